The predicted octanol–water partition coefficient (Wildman–Crippen LogP) is 1.31. The van der Waals surface area contributed by atoms with E-state index in [0.717, 1.165) is 19.4 Å². The highest BCUT2D eigenvalue weighted by atomic mass is 127. The standard InChI is InChI=1S/C16H31N5O3.HI/c1-6-8-18-13(22)10-19-14(17-5)21-9-7-12(11-21)20-15(23)24-16(2,3)4;/h12H,6-11H2,1-5H3,(H,17,19)(H,18,22)(H,20,23);1H. The Morgan fingerprint density at radius 2 is 1.96 bits per heavy atom. The van der Waals surface area contributed by atoms with Crippen molar-refractivity contribution in [3.05, 3.63) is 0 Å². The van der Waals surface area contributed by atoms with E-state index in [1.54, 1.807) is 7.05 Å². The van der Waals surface area contributed by atoms with Crippen molar-refractivity contribution in [1.82, 2.24) is 20.9 Å². The summed E-state index contributed by atoms with van der Waals surface area (Å²) in [5.41, 5.74) is -0.508. The van der Waals surface area contributed by atoms with Gasteiger partial charge in [-0.1, -0.05) is 6.92 Å². The molecule has 1 aliphatic heterocycles. The van der Waals surface area contributed by atoms with Gasteiger partial charge in [0.2, 0.25) is 5.91 Å². The molecule has 1 fully saturated rings. The molecule has 0 spiro atoms. The molecule has 1 saturated heterocycles. The molecule has 0 radical (unpaired) electrons. The van der Waals surface area contributed by atoms with Gasteiger partial charge >= 0.3 is 6.09 Å². The Hall–Kier alpha value is -1.26. The lowest BCUT2D eigenvalue weighted by atomic mass is 10.2. The van der Waals surface area contributed by atoms with Crippen LogP contribution in [0.4, 0.5) is 4.79 Å². The zero-order chi connectivity index (χ0) is 18.2. The molecule has 1 atom stereocenters. The van der Waals surface area contributed by atoms with Crippen LogP contribution in [0.2, 0.25) is 0 Å². The molecule has 1 unspecified atom stereocenters. The van der Waals surface area contributed by atoms with Crippen LogP contribution >= 0.6 is 24.0 Å². The van der Waals surface area contributed by atoms with Crippen molar-refractivity contribution >= 4 is 41.9 Å². The molecule has 0 aromatic carbocycles. The number of rotatable bonds is 5. The van der Waals surface area contributed by atoms with Gasteiger partial charge < -0.3 is 25.6 Å². The number of ether oxygens (including phenoxy) is 1. The molecule has 25 heavy (non-hydrogen) atoms. The van der Waals surface area contributed by atoms with Crippen molar-refractivity contribution < 1.29 is 14.3 Å². The number of carbonyl (C=O) groups excluding carboxylic acids is 2. The zero-order valence-electron chi connectivity index (χ0n) is 15.8. The molecular weight excluding hydrogens is 437 g/mol. The van der Waals surface area contributed by atoms with E-state index in [1.807, 2.05) is 32.6 Å². The summed E-state index contributed by atoms with van der Waals surface area (Å²) in [6.45, 7) is 9.77. The molecular formula is C16H32IN5O3. The van der Waals surface area contributed by atoms with E-state index < -0.39 is 11.7 Å². The van der Waals surface area contributed by atoms with Crippen LogP contribution in [-0.2, 0) is 9.53 Å². The third-order valence-corrected chi connectivity index (χ3v) is 3.40. The molecule has 0 aromatic heterocycles. The molecule has 8 nitrogen and oxygen atoms in total. The van der Waals surface area contributed by atoms with Gasteiger partial charge in [0.15, 0.2) is 5.96 Å². The number of aliphatic imine (C=N–C) groups is 1. The lowest BCUT2D eigenvalue weighted by molar-refractivity contribution is -0.120. The van der Waals surface area contributed by atoms with Crippen LogP contribution in [0.5, 0.6) is 0 Å². The topological polar surface area (TPSA) is 95.1 Å². The van der Waals surface area contributed by atoms with Gasteiger partial charge in [-0.2, -0.15) is 0 Å². The molecule has 3 N–H and O–H groups in total. The number of alkyl carbamates (subject to hydrolysis) is 1. The third kappa shape index (κ3) is 9.71. The van der Waals surface area contributed by atoms with Gasteiger partial charge in [0.25, 0.3) is 0 Å². The Labute approximate surface area is 167 Å². The second-order valence-corrected chi connectivity index (χ2v) is 6.83. The highest BCUT2D eigenvalue weighted by Crippen LogP contribution is 2.11. The van der Waals surface area contributed by atoms with E-state index in [4.69, 9.17) is 4.74 Å². The smallest absolute Gasteiger partial charge is 0.407 e. The van der Waals surface area contributed by atoms with Gasteiger partial charge in [-0.05, 0) is 33.6 Å². The Balaban J connectivity index is 0.00000576. The van der Waals surface area contributed by atoms with Crippen molar-refractivity contribution in [3.63, 3.8) is 0 Å². The largest absolute Gasteiger partial charge is 0.444 e. The Morgan fingerprint density at radius 1 is 1.28 bits per heavy atom. The first-order chi connectivity index (χ1) is 11.2. The second kappa shape index (κ2) is 11.4. The fraction of sp³-hybridized carbons (Fsp3) is 0.812. The maximum Gasteiger partial charge on any atom is 0.407 e. The Bertz CT molecular complexity index is 465. The quantitative estimate of drug-likeness (QED) is 0.321. The van der Waals surface area contributed by atoms with Gasteiger partial charge in [-0.25, -0.2) is 4.79 Å². The molecule has 0 saturated carbocycles. The first-order valence-electron chi connectivity index (χ1n) is 8.47. The summed E-state index contributed by atoms with van der Waals surface area (Å²) < 4.78 is 5.27. The molecule has 146 valence electrons. The normalized spacial score (nSPS) is 17.6. The van der Waals surface area contributed by atoms with Gasteiger partial charge in [-0.3, -0.25) is 9.79 Å². The lowest BCUT2D eigenvalue weighted by Gasteiger charge is -2.23. The van der Waals surface area contributed by atoms with E-state index >= 15 is 0 Å². The van der Waals surface area contributed by atoms with Crippen LogP contribution in [0.25, 0.3) is 0 Å². The number of hydrogen-bond donors (Lipinski definition) is 3. The van der Waals surface area contributed by atoms with E-state index in [2.05, 4.69) is 20.9 Å². The van der Waals surface area contributed by atoms with E-state index in [0.29, 0.717) is 19.0 Å². The molecule has 1 rings (SSSR count). The van der Waals surface area contributed by atoms with Crippen molar-refractivity contribution in [2.45, 2.75) is 52.2 Å². The van der Waals surface area contributed by atoms with Gasteiger partial charge in [0.1, 0.15) is 5.60 Å². The fourth-order valence-corrected chi connectivity index (χ4v) is 2.36. The highest BCUT2D eigenvalue weighted by molar-refractivity contribution is 14.0. The fourth-order valence-electron chi connectivity index (χ4n) is 2.36. The minimum absolute atomic E-state index is 0. The van der Waals surface area contributed by atoms with Crippen LogP contribution in [0.3, 0.4) is 0 Å². The summed E-state index contributed by atoms with van der Waals surface area (Å²) >= 11 is 0. The van der Waals surface area contributed by atoms with Crippen molar-refractivity contribution in [3.8, 4) is 0 Å². The average Bonchev–Trinajstić information content (AvgIpc) is 2.92. The summed E-state index contributed by atoms with van der Waals surface area (Å²) in [5, 5.41) is 8.73. The van der Waals surface area contributed by atoms with Crippen LogP contribution in [0.1, 0.15) is 40.5 Å². The Kier molecular flexibility index (Phi) is 10.8. The van der Waals surface area contributed by atoms with Crippen LogP contribution < -0.4 is 16.0 Å². The van der Waals surface area contributed by atoms with E-state index in [-0.39, 0.29) is 42.5 Å². The van der Waals surface area contributed by atoms with Crippen LogP contribution in [-0.4, -0.2) is 67.7 Å². The maximum absolute atomic E-state index is 11.8. The molecule has 1 aliphatic rings. The van der Waals surface area contributed by atoms with Crippen molar-refractivity contribution in [1.29, 1.82) is 0 Å². The number of amides is 2. The molecule has 1 heterocycles. The van der Waals surface area contributed by atoms with Gasteiger partial charge in [0, 0.05) is 26.7 Å². The summed E-state index contributed by atoms with van der Waals surface area (Å²) in [4.78, 5) is 29.7. The van der Waals surface area contributed by atoms with Crippen molar-refractivity contribution in [2.24, 2.45) is 4.99 Å². The number of carbonyl (C=O) groups is 2. The van der Waals surface area contributed by atoms with E-state index in [1.165, 1.54) is 0 Å². The predicted molar refractivity (Wildman–Crippen MR) is 109 cm³/mol. The first kappa shape index (κ1) is 23.7. The molecule has 0 aromatic rings. The van der Waals surface area contributed by atoms with Gasteiger partial charge in [-0.15, -0.1) is 24.0 Å². The monoisotopic (exact) mass is 469 g/mol. The third-order valence-electron chi connectivity index (χ3n) is 3.40. The molecule has 0 bridgehead atoms. The summed E-state index contributed by atoms with van der Waals surface area (Å²) in [7, 11) is 1.68. The second-order valence-electron chi connectivity index (χ2n) is 6.83. The molecule has 0 aliphatic carbocycles. The molecule has 9 heteroatoms. The van der Waals surface area contributed by atoms with Crippen molar-refractivity contribution in [2.75, 3.05) is 33.2 Å². The zero-order valence-corrected chi connectivity index (χ0v) is 18.2. The highest BCUT2D eigenvalue weighted by Gasteiger charge is 2.27. The number of halogens is 1. The number of nitrogens with one attached hydrogen (secondary N) is 3. The summed E-state index contributed by atoms with van der Waals surface area (Å²) in [6.07, 6.45) is 1.31. The van der Waals surface area contributed by atoms with Crippen LogP contribution in [0, 0.1) is 0 Å². The van der Waals surface area contributed by atoms with Crippen LogP contribution in [0.15, 0.2) is 4.99 Å². The Morgan fingerprint density at radius 3 is 2.52 bits per heavy atom. The SMILES string of the molecule is CCCNC(=O)CNC(=NC)N1CCC(NC(=O)OC(C)(C)C)C1.I. The summed E-state index contributed by atoms with van der Waals surface area (Å²) in [5.74, 6) is 0.607. The minimum atomic E-state index is -0.508. The number of likely N-dealkylation sites (tertiary alicyclic amines) is 1. The number of nitrogens with zero attached hydrogens (tertiary/aromatic N) is 2. The maximum atomic E-state index is 11.8. The lowest BCUT2D eigenvalue weighted by Crippen LogP contribution is -2.46. The average molecular weight is 469 g/mol. The summed E-state index contributed by atoms with van der Waals surface area (Å²) in [6, 6.07) is 0.00678. The minimum Gasteiger partial charge on any atom is -0.444 e. The van der Waals surface area contributed by atoms with E-state index in [9.17, 15) is 9.59 Å². The number of hydrogen-bond acceptors (Lipinski definition) is 4. The first-order valence-corrected chi connectivity index (χ1v) is 8.47. The number of guanidine groups is 1. The molecule has 2 amide bonds. The van der Waals surface area contributed by atoms with Gasteiger partial charge in [0.05, 0.1) is 12.6 Å².